The number of benzene rings is 2. The normalized spacial score (nSPS) is 17.1. The van der Waals surface area contributed by atoms with Crippen molar-refractivity contribution in [3.63, 3.8) is 0 Å². The van der Waals surface area contributed by atoms with Gasteiger partial charge in [-0.05, 0) is 55.5 Å². The van der Waals surface area contributed by atoms with Gasteiger partial charge in [0.1, 0.15) is 18.2 Å². The van der Waals surface area contributed by atoms with Crippen LogP contribution in [-0.4, -0.2) is 52.4 Å². The fraction of sp³-hybridized carbons (Fsp3) is 0.188. The zero-order chi connectivity index (χ0) is 33.4. The summed E-state index contributed by atoms with van der Waals surface area (Å²) in [6.07, 6.45) is 4.40. The number of fused-ring (bicyclic) bond motifs is 6. The third kappa shape index (κ3) is 5.03. The highest BCUT2D eigenvalue weighted by Gasteiger charge is 2.29. The van der Waals surface area contributed by atoms with Crippen LogP contribution in [-0.2, 0) is 17.7 Å². The molecule has 0 radical (unpaired) electrons. The predicted molar refractivity (Wildman–Crippen MR) is 164 cm³/mol. The van der Waals surface area contributed by atoms with Gasteiger partial charge in [-0.25, -0.2) is 19.6 Å². The molecule has 2 aliphatic rings. The number of halogens is 3. The van der Waals surface area contributed by atoms with Gasteiger partial charge in [0.05, 0.1) is 35.1 Å². The summed E-state index contributed by atoms with van der Waals surface area (Å²) >= 11 is 4.85. The van der Waals surface area contributed by atoms with Crippen molar-refractivity contribution in [2.24, 2.45) is 0 Å². The number of aromatic nitrogens is 7. The highest BCUT2D eigenvalue weighted by molar-refractivity contribution is 6.20. The number of amides is 1. The number of hydrogen-bond acceptors (Lipinski definition) is 8. The number of hydrogen-bond donors (Lipinski definition) is 1. The first kappa shape index (κ1) is 26.0. The first-order valence-electron chi connectivity index (χ1n) is 15.1. The molecule has 1 amide bonds. The zero-order valence-electron chi connectivity index (χ0n) is 25.9. The van der Waals surface area contributed by atoms with E-state index in [-0.39, 0.29) is 23.0 Å². The van der Waals surface area contributed by atoms with E-state index >= 15 is 0 Å². The summed E-state index contributed by atoms with van der Waals surface area (Å²) in [7, 11) is 0. The lowest BCUT2D eigenvalue weighted by atomic mass is 9.99. The largest absolute Gasteiger partial charge is 0.487 e. The Hall–Kier alpha value is -5.27. The van der Waals surface area contributed by atoms with Crippen molar-refractivity contribution in [3.8, 4) is 34.1 Å². The Kier molecular flexibility index (Phi) is 6.03. The van der Waals surface area contributed by atoms with Gasteiger partial charge < -0.3 is 19.4 Å². The number of imidazole rings is 1. The summed E-state index contributed by atoms with van der Waals surface area (Å²) in [6, 6.07) is 12.2. The molecule has 230 valence electrons. The molecule has 0 spiro atoms. The lowest BCUT2D eigenvalue weighted by Crippen LogP contribution is -2.21. The van der Waals surface area contributed by atoms with Crippen LogP contribution in [0, 0.1) is 0 Å². The molecule has 14 heteroatoms. The Labute approximate surface area is 267 Å². The molecule has 1 N–H and O–H groups in total. The minimum Gasteiger partial charge on any atom is -0.420 e. The van der Waals surface area contributed by atoms with Gasteiger partial charge in [0.15, 0.2) is 0 Å². The van der Waals surface area contributed by atoms with Crippen molar-refractivity contribution in [1.82, 2.24) is 34.3 Å². The van der Waals surface area contributed by atoms with Gasteiger partial charge in [-0.3, -0.25) is 9.78 Å². The van der Waals surface area contributed by atoms with E-state index in [1.165, 1.54) is 28.9 Å². The number of nitrogens with zero attached hydrogens (tertiary/aromatic N) is 7. The van der Waals surface area contributed by atoms with Crippen molar-refractivity contribution in [1.29, 1.82) is 0 Å². The molecule has 4 aromatic heterocycles. The summed E-state index contributed by atoms with van der Waals surface area (Å²) in [4.78, 5) is 31.5. The zero-order valence-corrected chi connectivity index (χ0v) is 24.7. The maximum atomic E-state index is 13.6. The number of rotatable bonds is 6. The van der Waals surface area contributed by atoms with Gasteiger partial charge >= 0.3 is 5.57 Å². The maximum Gasteiger partial charge on any atom is 0.487 e. The first-order valence-corrected chi connectivity index (χ1v) is 14.5. The second-order valence-electron chi connectivity index (χ2n) is 10.8. The van der Waals surface area contributed by atoms with Crippen LogP contribution >= 0.6 is 11.6 Å². The van der Waals surface area contributed by atoms with Crippen LogP contribution in [0.2, 0.25) is 0 Å². The number of carbonyl (C=O) groups is 1. The fourth-order valence-electron chi connectivity index (χ4n) is 5.74. The molecule has 0 saturated carbocycles. The van der Waals surface area contributed by atoms with E-state index in [1.54, 1.807) is 43.0 Å². The first-order chi connectivity index (χ1) is 23.0. The van der Waals surface area contributed by atoms with Crippen LogP contribution in [0.15, 0.2) is 73.3 Å². The molecule has 1 aliphatic carbocycles. The van der Waals surface area contributed by atoms with E-state index in [4.69, 9.17) is 24.1 Å². The molecule has 1 aliphatic heterocycles. The van der Waals surface area contributed by atoms with E-state index in [0.29, 0.717) is 64.1 Å². The molecule has 1 atom stereocenters. The lowest BCUT2D eigenvalue weighted by Gasteiger charge is -2.23. The van der Waals surface area contributed by atoms with Crippen LogP contribution in [0.25, 0.3) is 39.4 Å². The predicted octanol–water partition coefficient (Wildman–Crippen LogP) is 6.16. The van der Waals surface area contributed by atoms with Crippen molar-refractivity contribution < 1.29 is 25.8 Å². The number of ether oxygens (including phenoxy) is 2. The molecule has 0 fully saturated rings. The van der Waals surface area contributed by atoms with Crippen LogP contribution in [0.1, 0.15) is 43.1 Å². The Balaban J connectivity index is 1.23. The average molecular weight is 643 g/mol. The van der Waals surface area contributed by atoms with Crippen molar-refractivity contribution in [2.75, 3.05) is 11.9 Å². The SMILES string of the molecule is [2H]C1([2H])c2cn(-c3ncccn3)nc2-c2cc(-c3cc(C(=O)Nc4ccc(OC(F)(F)Cl)cc4)cc4nc5n(c34)[C@H](C)COC5)cnc21. The topological polar surface area (TPSA) is 122 Å². The molecule has 0 bridgehead atoms. The quantitative estimate of drug-likeness (QED) is 0.215. The minimum atomic E-state index is -3.87. The van der Waals surface area contributed by atoms with Crippen molar-refractivity contribution >= 4 is 34.2 Å². The van der Waals surface area contributed by atoms with Crippen molar-refractivity contribution in [3.05, 3.63) is 96.0 Å². The molecule has 0 unspecified atom stereocenters. The summed E-state index contributed by atoms with van der Waals surface area (Å²) < 4.78 is 57.5. The number of nitrogens with one attached hydrogen (secondary N) is 1. The number of pyridine rings is 1. The smallest absolute Gasteiger partial charge is 0.420 e. The van der Waals surface area contributed by atoms with E-state index in [1.807, 2.05) is 13.0 Å². The molecule has 5 heterocycles. The number of anilines is 1. The molecule has 6 aromatic rings. The molecule has 0 saturated heterocycles. The van der Waals surface area contributed by atoms with Crippen LogP contribution < -0.4 is 10.1 Å². The van der Waals surface area contributed by atoms with Gasteiger partial charge in [-0.15, -0.1) is 8.78 Å². The van der Waals surface area contributed by atoms with Crippen LogP contribution in [0.5, 0.6) is 5.75 Å². The molecule has 8 rings (SSSR count). The molecular weight excluding hydrogens is 618 g/mol. The molecular formula is C32H23ClF2N8O3. The Morgan fingerprint density at radius 3 is 2.74 bits per heavy atom. The Bertz CT molecular complexity index is 2240. The summed E-state index contributed by atoms with van der Waals surface area (Å²) in [5.74, 6) is 0.354. The molecule has 46 heavy (non-hydrogen) atoms. The third-order valence-corrected chi connectivity index (χ3v) is 7.75. The minimum absolute atomic E-state index is 0.0528. The molecule has 11 nitrogen and oxygen atoms in total. The van der Waals surface area contributed by atoms with Gasteiger partial charge in [-0.1, -0.05) is 0 Å². The summed E-state index contributed by atoms with van der Waals surface area (Å²) in [6.45, 7) is 2.78. The Morgan fingerprint density at radius 2 is 1.96 bits per heavy atom. The molecule has 2 aromatic carbocycles. The van der Waals surface area contributed by atoms with Gasteiger partial charge in [-0.2, -0.15) is 5.10 Å². The second kappa shape index (κ2) is 10.7. The maximum absolute atomic E-state index is 13.6. The highest BCUT2D eigenvalue weighted by Crippen LogP contribution is 2.40. The monoisotopic (exact) mass is 642 g/mol. The second-order valence-corrected chi connectivity index (χ2v) is 11.2. The highest BCUT2D eigenvalue weighted by atomic mass is 35.5. The standard InChI is InChI=1S/C32H23ClF2N8O3/c1-17-15-45-16-27-40-26-11-18(30(44)39-21-3-5-22(6-4-21)46-32(33,34)35)9-23(29(26)43(17)27)19-10-24-25(38-13-19)12-20-14-42(41-28(20)24)31-36-7-2-8-37-31/h2-11,13-14,17H,12,15-16H2,1H3,(H,39,44)/t17-/m1/s1/i12D2. The summed E-state index contributed by atoms with van der Waals surface area (Å²) in [5.41, 5.74) is 0.825. The van der Waals surface area contributed by atoms with Crippen molar-refractivity contribution in [2.45, 2.75) is 31.5 Å². The van der Waals surface area contributed by atoms with Crippen LogP contribution in [0.4, 0.5) is 14.5 Å². The Morgan fingerprint density at radius 1 is 1.15 bits per heavy atom. The van der Waals surface area contributed by atoms with Gasteiger partial charge in [0.25, 0.3) is 5.91 Å². The van der Waals surface area contributed by atoms with E-state index in [9.17, 15) is 13.6 Å². The number of carbonyl (C=O) groups excluding carboxylic acids is 1. The van der Waals surface area contributed by atoms with E-state index < -0.39 is 17.8 Å². The van der Waals surface area contributed by atoms with Crippen LogP contribution in [0.3, 0.4) is 0 Å². The van der Waals surface area contributed by atoms with Gasteiger partial charge in [0, 0.05) is 79.0 Å². The van der Waals surface area contributed by atoms with E-state index in [2.05, 4.69) is 34.7 Å². The van der Waals surface area contributed by atoms with Gasteiger partial charge in [0.2, 0.25) is 5.95 Å². The fourth-order valence-corrected chi connectivity index (χ4v) is 5.83. The lowest BCUT2D eigenvalue weighted by molar-refractivity contribution is -0.0964. The third-order valence-electron chi connectivity index (χ3n) is 7.68. The average Bonchev–Trinajstić information content (AvgIpc) is 3.73. The number of alkyl halides is 3. The summed E-state index contributed by atoms with van der Waals surface area (Å²) in [5, 5.41) is 7.42. The van der Waals surface area contributed by atoms with E-state index in [0.717, 1.165) is 5.52 Å².